The second kappa shape index (κ2) is 5.89. The van der Waals surface area contributed by atoms with Crippen molar-refractivity contribution in [3.8, 4) is 5.69 Å². The molecule has 1 fully saturated rings. The molecule has 3 aromatic heterocycles. The van der Waals surface area contributed by atoms with Crippen molar-refractivity contribution in [1.82, 2.24) is 24.9 Å². The van der Waals surface area contributed by atoms with Crippen LogP contribution in [0.3, 0.4) is 0 Å². The van der Waals surface area contributed by atoms with Crippen molar-refractivity contribution in [3.63, 3.8) is 0 Å². The molecule has 1 aliphatic rings. The molecule has 0 amide bonds. The van der Waals surface area contributed by atoms with E-state index in [9.17, 15) is 4.39 Å². The van der Waals surface area contributed by atoms with E-state index in [1.54, 1.807) is 27.7 Å². The van der Waals surface area contributed by atoms with E-state index in [1.165, 1.54) is 23.8 Å². The third-order valence-electron chi connectivity index (χ3n) is 5.17. The smallest absolute Gasteiger partial charge is 0.153 e. The van der Waals surface area contributed by atoms with Gasteiger partial charge in [0.25, 0.3) is 0 Å². The highest BCUT2D eigenvalue weighted by Gasteiger charge is 2.22. The van der Waals surface area contributed by atoms with Crippen molar-refractivity contribution in [2.24, 2.45) is 7.05 Å². The standard InChI is InChI=1S/C19H20FN5S/c1-11-5-12(3-4-21-11)17-7-14-10-25(23-19(14)26-17)15-6-13-9-24(2)22-18(13)16(20)8-15/h6-12,21H,3-5H2,1-2H3/t11-,12+/m0/s1. The lowest BCUT2D eigenvalue weighted by molar-refractivity contribution is 0.384. The number of nitrogens with one attached hydrogen (secondary N) is 1. The number of rotatable bonds is 2. The summed E-state index contributed by atoms with van der Waals surface area (Å²) in [7, 11) is 1.80. The average molecular weight is 369 g/mol. The number of nitrogens with zero attached hydrogens (tertiary/aromatic N) is 4. The molecular formula is C19H20FN5S. The largest absolute Gasteiger partial charge is 0.314 e. The van der Waals surface area contributed by atoms with Crippen molar-refractivity contribution in [2.75, 3.05) is 6.54 Å². The first-order valence-corrected chi connectivity index (χ1v) is 9.74. The second-order valence-corrected chi connectivity index (χ2v) is 8.29. The lowest BCUT2D eigenvalue weighted by Crippen LogP contribution is -2.34. The van der Waals surface area contributed by atoms with E-state index in [4.69, 9.17) is 5.10 Å². The number of fused-ring (bicyclic) bond motifs is 2. The van der Waals surface area contributed by atoms with Crippen LogP contribution in [0.5, 0.6) is 0 Å². The maximum atomic E-state index is 14.4. The normalized spacial score (nSPS) is 21.0. The Morgan fingerprint density at radius 3 is 2.88 bits per heavy atom. The number of thiophene rings is 1. The van der Waals surface area contributed by atoms with E-state index in [1.807, 2.05) is 18.5 Å². The Labute approximate surface area is 154 Å². The van der Waals surface area contributed by atoms with Crippen molar-refractivity contribution >= 4 is 32.5 Å². The first kappa shape index (κ1) is 16.0. The molecule has 1 saturated heterocycles. The maximum absolute atomic E-state index is 14.4. The molecule has 0 radical (unpaired) electrons. The summed E-state index contributed by atoms with van der Waals surface area (Å²) in [5.41, 5.74) is 1.12. The van der Waals surface area contributed by atoms with Gasteiger partial charge in [0, 0.05) is 47.2 Å². The second-order valence-electron chi connectivity index (χ2n) is 7.23. The van der Waals surface area contributed by atoms with Crippen molar-refractivity contribution in [1.29, 1.82) is 0 Å². The molecule has 0 bridgehead atoms. The molecule has 5 rings (SSSR count). The van der Waals surface area contributed by atoms with E-state index < -0.39 is 0 Å². The highest BCUT2D eigenvalue weighted by Crippen LogP contribution is 2.36. The molecule has 1 aromatic carbocycles. The summed E-state index contributed by atoms with van der Waals surface area (Å²) >= 11 is 1.76. The number of aromatic nitrogens is 4. The van der Waals surface area contributed by atoms with Crippen LogP contribution < -0.4 is 5.32 Å². The molecule has 2 atom stereocenters. The number of hydrogen-bond acceptors (Lipinski definition) is 4. The Morgan fingerprint density at radius 1 is 1.19 bits per heavy atom. The number of benzene rings is 1. The summed E-state index contributed by atoms with van der Waals surface area (Å²) in [5.74, 6) is 0.296. The number of hydrogen-bond donors (Lipinski definition) is 1. The fraction of sp³-hybridized carbons (Fsp3) is 0.368. The summed E-state index contributed by atoms with van der Waals surface area (Å²) in [5, 5.41) is 14.3. The maximum Gasteiger partial charge on any atom is 0.153 e. The van der Waals surface area contributed by atoms with Gasteiger partial charge in [-0.2, -0.15) is 10.2 Å². The van der Waals surface area contributed by atoms with Crippen LogP contribution in [0, 0.1) is 5.82 Å². The zero-order valence-corrected chi connectivity index (χ0v) is 15.6. The molecule has 26 heavy (non-hydrogen) atoms. The molecule has 1 aliphatic heterocycles. The number of halogens is 1. The molecular weight excluding hydrogens is 349 g/mol. The third kappa shape index (κ3) is 2.62. The van der Waals surface area contributed by atoms with Crippen LogP contribution >= 0.6 is 11.3 Å². The molecule has 1 N–H and O–H groups in total. The van der Waals surface area contributed by atoms with Gasteiger partial charge in [-0.25, -0.2) is 9.07 Å². The zero-order chi connectivity index (χ0) is 17.8. The van der Waals surface area contributed by atoms with Crippen molar-refractivity contribution in [3.05, 3.63) is 41.3 Å². The SMILES string of the molecule is C[C@H]1C[C@H](c2cc3cn(-c4cc(F)c5nn(C)cc5c4)nc3s2)CCN1. The van der Waals surface area contributed by atoms with E-state index in [0.29, 0.717) is 17.5 Å². The summed E-state index contributed by atoms with van der Waals surface area (Å²) in [6.45, 7) is 3.32. The zero-order valence-electron chi connectivity index (χ0n) is 14.7. The molecule has 0 saturated carbocycles. The van der Waals surface area contributed by atoms with Crippen LogP contribution in [0.4, 0.5) is 4.39 Å². The molecule has 5 nitrogen and oxygen atoms in total. The molecule has 0 unspecified atom stereocenters. The predicted octanol–water partition coefficient (Wildman–Crippen LogP) is 3.97. The van der Waals surface area contributed by atoms with Gasteiger partial charge in [-0.3, -0.25) is 4.68 Å². The summed E-state index contributed by atoms with van der Waals surface area (Å²) in [4.78, 5) is 2.43. The lowest BCUT2D eigenvalue weighted by atomic mass is 9.92. The van der Waals surface area contributed by atoms with Gasteiger partial charge in [0.15, 0.2) is 5.82 Å². The molecule has 4 aromatic rings. The van der Waals surface area contributed by atoms with Gasteiger partial charge in [-0.1, -0.05) is 0 Å². The fourth-order valence-electron chi connectivity index (χ4n) is 3.90. The van der Waals surface area contributed by atoms with Crippen molar-refractivity contribution in [2.45, 2.75) is 31.7 Å². The first-order chi connectivity index (χ1) is 12.6. The lowest BCUT2D eigenvalue weighted by Gasteiger charge is -2.27. The Hall–Kier alpha value is -2.25. The predicted molar refractivity (Wildman–Crippen MR) is 103 cm³/mol. The van der Waals surface area contributed by atoms with E-state index in [0.717, 1.165) is 27.8 Å². The van der Waals surface area contributed by atoms with Crippen molar-refractivity contribution < 1.29 is 4.39 Å². The molecule has 4 heterocycles. The quantitative estimate of drug-likeness (QED) is 0.582. The van der Waals surface area contributed by atoms with Crippen LogP contribution in [0.2, 0.25) is 0 Å². The Kier molecular flexibility index (Phi) is 3.62. The summed E-state index contributed by atoms with van der Waals surface area (Å²) in [6.07, 6.45) is 6.17. The Balaban J connectivity index is 1.51. The Bertz CT molecular complexity index is 1080. The van der Waals surface area contributed by atoms with Crippen LogP contribution in [-0.4, -0.2) is 32.1 Å². The average Bonchev–Trinajstić information content (AvgIpc) is 3.26. The number of piperidine rings is 1. The van der Waals surface area contributed by atoms with Crippen LogP contribution in [0.25, 0.3) is 26.8 Å². The van der Waals surface area contributed by atoms with Gasteiger partial charge in [0.1, 0.15) is 10.3 Å². The van der Waals surface area contributed by atoms with Gasteiger partial charge in [0.2, 0.25) is 0 Å². The van der Waals surface area contributed by atoms with Crippen LogP contribution in [0.15, 0.2) is 30.6 Å². The van der Waals surface area contributed by atoms with Gasteiger partial charge >= 0.3 is 0 Å². The van der Waals surface area contributed by atoms with Gasteiger partial charge in [-0.15, -0.1) is 11.3 Å². The van der Waals surface area contributed by atoms with E-state index in [2.05, 4.69) is 23.4 Å². The topological polar surface area (TPSA) is 47.7 Å². The number of aryl methyl sites for hydroxylation is 1. The molecule has 0 aliphatic carbocycles. The molecule has 0 spiro atoms. The first-order valence-electron chi connectivity index (χ1n) is 8.92. The molecule has 7 heteroatoms. The van der Waals surface area contributed by atoms with E-state index in [-0.39, 0.29) is 5.82 Å². The van der Waals surface area contributed by atoms with Gasteiger partial charge < -0.3 is 5.32 Å². The summed E-state index contributed by atoms with van der Waals surface area (Å²) in [6, 6.07) is 6.25. The highest BCUT2D eigenvalue weighted by molar-refractivity contribution is 7.18. The van der Waals surface area contributed by atoms with Gasteiger partial charge in [-0.05, 0) is 44.4 Å². The third-order valence-corrected chi connectivity index (χ3v) is 6.37. The fourth-order valence-corrected chi connectivity index (χ4v) is 5.05. The van der Waals surface area contributed by atoms with E-state index >= 15 is 0 Å². The Morgan fingerprint density at radius 2 is 2.08 bits per heavy atom. The van der Waals surface area contributed by atoms with Crippen LogP contribution in [0.1, 0.15) is 30.6 Å². The summed E-state index contributed by atoms with van der Waals surface area (Å²) < 4.78 is 17.8. The minimum absolute atomic E-state index is 0.318. The minimum Gasteiger partial charge on any atom is -0.314 e. The van der Waals surface area contributed by atoms with Crippen LogP contribution in [-0.2, 0) is 7.05 Å². The highest BCUT2D eigenvalue weighted by atomic mass is 32.1. The van der Waals surface area contributed by atoms with Gasteiger partial charge in [0.05, 0.1) is 5.69 Å². The monoisotopic (exact) mass is 369 g/mol. The minimum atomic E-state index is -0.318. The molecule has 134 valence electrons.